The molecule has 0 radical (unpaired) electrons. The molecule has 0 saturated heterocycles. The fourth-order valence-electron chi connectivity index (χ4n) is 2.96. The third-order valence-electron chi connectivity index (χ3n) is 4.76. The summed E-state index contributed by atoms with van der Waals surface area (Å²) in [6, 6.07) is 13.2. The van der Waals surface area contributed by atoms with Gasteiger partial charge in [-0.3, -0.25) is 9.59 Å². The molecule has 2 aromatic carbocycles. The highest BCUT2D eigenvalue weighted by molar-refractivity contribution is 6.17. The predicted octanol–water partition coefficient (Wildman–Crippen LogP) is 4.45. The highest BCUT2D eigenvalue weighted by Crippen LogP contribution is 2.48. The molecule has 142 valence electrons. The van der Waals surface area contributed by atoms with Crippen molar-refractivity contribution in [3.63, 3.8) is 0 Å². The zero-order valence-electron chi connectivity index (χ0n) is 16.3. The first-order valence-corrected chi connectivity index (χ1v) is 9.28. The van der Waals surface area contributed by atoms with E-state index < -0.39 is 5.41 Å². The summed E-state index contributed by atoms with van der Waals surface area (Å²) in [6.45, 7) is 7.77. The standard InChI is InChI=1S/C22H26N2O3/c1-14(2)27-19-8-6-5-7-17(19)23-20(25)22(11-12-22)21(26)24-18-13-15(3)9-10-16(18)4/h5-10,13-14H,11-12H2,1-4H3,(H,23,25)(H,24,26). The fourth-order valence-corrected chi connectivity index (χ4v) is 2.96. The number of hydrogen-bond donors (Lipinski definition) is 2. The second kappa shape index (κ2) is 7.43. The molecule has 2 amide bonds. The maximum atomic E-state index is 12.9. The highest BCUT2D eigenvalue weighted by Gasteiger charge is 2.56. The number of ether oxygens (including phenoxy) is 1. The van der Waals surface area contributed by atoms with Crippen LogP contribution in [0.4, 0.5) is 11.4 Å². The van der Waals surface area contributed by atoms with Crippen molar-refractivity contribution in [3.8, 4) is 5.75 Å². The molecule has 1 aliphatic rings. The minimum atomic E-state index is -1.01. The third-order valence-corrected chi connectivity index (χ3v) is 4.76. The van der Waals surface area contributed by atoms with Crippen LogP contribution in [-0.2, 0) is 9.59 Å². The van der Waals surface area contributed by atoms with E-state index in [1.54, 1.807) is 6.07 Å². The lowest BCUT2D eigenvalue weighted by atomic mass is 10.0. The molecule has 1 fully saturated rings. The Kier molecular flexibility index (Phi) is 5.22. The number of carbonyl (C=O) groups is 2. The molecule has 0 atom stereocenters. The van der Waals surface area contributed by atoms with Gasteiger partial charge in [-0.2, -0.15) is 0 Å². The maximum absolute atomic E-state index is 12.9. The molecule has 3 rings (SSSR count). The number of hydrogen-bond acceptors (Lipinski definition) is 3. The summed E-state index contributed by atoms with van der Waals surface area (Å²) in [6.07, 6.45) is 1.08. The van der Waals surface area contributed by atoms with Gasteiger partial charge in [0.15, 0.2) is 0 Å². The van der Waals surface area contributed by atoms with E-state index in [2.05, 4.69) is 10.6 Å². The van der Waals surface area contributed by atoms with Gasteiger partial charge < -0.3 is 15.4 Å². The summed E-state index contributed by atoms with van der Waals surface area (Å²) in [5.74, 6) is 0.0626. The van der Waals surface area contributed by atoms with Gasteiger partial charge in [0.1, 0.15) is 11.2 Å². The number of nitrogens with one attached hydrogen (secondary N) is 2. The SMILES string of the molecule is Cc1ccc(C)c(NC(=O)C2(C(=O)Nc3ccccc3OC(C)C)CC2)c1. The predicted molar refractivity (Wildman–Crippen MR) is 107 cm³/mol. The van der Waals surface area contributed by atoms with Crippen molar-refractivity contribution < 1.29 is 14.3 Å². The van der Waals surface area contributed by atoms with Gasteiger partial charge in [0.2, 0.25) is 11.8 Å². The van der Waals surface area contributed by atoms with Crippen molar-refractivity contribution in [2.24, 2.45) is 5.41 Å². The molecule has 0 unspecified atom stereocenters. The van der Waals surface area contributed by atoms with Crippen LogP contribution in [0.25, 0.3) is 0 Å². The minimum absolute atomic E-state index is 0.00877. The van der Waals surface area contributed by atoms with Crippen LogP contribution in [0, 0.1) is 19.3 Å². The zero-order valence-corrected chi connectivity index (χ0v) is 16.3. The van der Waals surface area contributed by atoms with Crippen LogP contribution < -0.4 is 15.4 Å². The van der Waals surface area contributed by atoms with E-state index in [4.69, 9.17) is 4.74 Å². The molecule has 1 saturated carbocycles. The molecule has 0 spiro atoms. The van der Waals surface area contributed by atoms with Gasteiger partial charge >= 0.3 is 0 Å². The van der Waals surface area contributed by atoms with E-state index in [9.17, 15) is 9.59 Å². The molecule has 0 aromatic heterocycles. The average molecular weight is 366 g/mol. The Bertz CT molecular complexity index is 870. The van der Waals surface area contributed by atoms with E-state index in [1.165, 1.54) is 0 Å². The Morgan fingerprint density at radius 2 is 1.59 bits per heavy atom. The van der Waals surface area contributed by atoms with E-state index >= 15 is 0 Å². The van der Waals surface area contributed by atoms with Gasteiger partial charge in [0.05, 0.1) is 11.8 Å². The topological polar surface area (TPSA) is 67.4 Å². The normalized spacial score (nSPS) is 14.6. The summed E-state index contributed by atoms with van der Waals surface area (Å²) in [5.41, 5.74) is 2.36. The Balaban J connectivity index is 1.75. The van der Waals surface area contributed by atoms with Crippen LogP contribution >= 0.6 is 0 Å². The van der Waals surface area contributed by atoms with Crippen molar-refractivity contribution in [2.45, 2.75) is 46.6 Å². The van der Waals surface area contributed by atoms with E-state index in [0.717, 1.165) is 16.8 Å². The molecule has 0 aliphatic heterocycles. The van der Waals surface area contributed by atoms with E-state index in [0.29, 0.717) is 24.3 Å². The monoisotopic (exact) mass is 366 g/mol. The molecular formula is C22H26N2O3. The first-order chi connectivity index (χ1) is 12.8. The van der Waals surface area contributed by atoms with Gasteiger partial charge in [-0.05, 0) is 69.9 Å². The van der Waals surface area contributed by atoms with Crippen LogP contribution in [0.15, 0.2) is 42.5 Å². The molecule has 1 aliphatic carbocycles. The zero-order chi connectivity index (χ0) is 19.6. The first-order valence-electron chi connectivity index (χ1n) is 9.28. The van der Waals surface area contributed by atoms with Crippen molar-refractivity contribution >= 4 is 23.2 Å². The number of carbonyl (C=O) groups excluding carboxylic acids is 2. The van der Waals surface area contributed by atoms with Crippen molar-refractivity contribution in [1.82, 2.24) is 0 Å². The summed E-state index contributed by atoms with van der Waals surface area (Å²) in [7, 11) is 0. The fraction of sp³-hybridized carbons (Fsp3) is 0.364. The summed E-state index contributed by atoms with van der Waals surface area (Å²) < 4.78 is 5.75. The maximum Gasteiger partial charge on any atom is 0.240 e. The van der Waals surface area contributed by atoms with Crippen LogP contribution in [0.5, 0.6) is 5.75 Å². The highest BCUT2D eigenvalue weighted by atomic mass is 16.5. The largest absolute Gasteiger partial charge is 0.489 e. The lowest BCUT2D eigenvalue weighted by molar-refractivity contribution is -0.131. The Morgan fingerprint density at radius 3 is 2.22 bits per heavy atom. The Labute approximate surface area is 160 Å². The summed E-state index contributed by atoms with van der Waals surface area (Å²) in [5, 5.41) is 5.82. The van der Waals surface area contributed by atoms with Gasteiger partial charge in [-0.25, -0.2) is 0 Å². The number of para-hydroxylation sites is 2. The second-order valence-electron chi connectivity index (χ2n) is 7.47. The lowest BCUT2D eigenvalue weighted by Crippen LogP contribution is -2.36. The number of amides is 2. The number of anilines is 2. The molecular weight excluding hydrogens is 340 g/mol. The second-order valence-corrected chi connectivity index (χ2v) is 7.47. The Morgan fingerprint density at radius 1 is 0.963 bits per heavy atom. The van der Waals surface area contributed by atoms with Crippen LogP contribution in [0.3, 0.4) is 0 Å². The van der Waals surface area contributed by atoms with Gasteiger partial charge in [0, 0.05) is 5.69 Å². The van der Waals surface area contributed by atoms with Gasteiger partial charge in [-0.1, -0.05) is 24.3 Å². The molecule has 0 bridgehead atoms. The third kappa shape index (κ3) is 4.13. The minimum Gasteiger partial charge on any atom is -0.489 e. The van der Waals surface area contributed by atoms with Crippen LogP contribution in [0.2, 0.25) is 0 Å². The number of benzene rings is 2. The molecule has 2 aromatic rings. The van der Waals surface area contributed by atoms with Crippen LogP contribution in [0.1, 0.15) is 37.8 Å². The molecule has 5 nitrogen and oxygen atoms in total. The average Bonchev–Trinajstić information content (AvgIpc) is 3.41. The summed E-state index contributed by atoms with van der Waals surface area (Å²) in [4.78, 5) is 25.7. The molecule has 2 N–H and O–H groups in total. The lowest BCUT2D eigenvalue weighted by Gasteiger charge is -2.19. The Hall–Kier alpha value is -2.82. The van der Waals surface area contributed by atoms with E-state index in [1.807, 2.05) is 64.1 Å². The van der Waals surface area contributed by atoms with E-state index in [-0.39, 0.29) is 17.9 Å². The van der Waals surface area contributed by atoms with Crippen molar-refractivity contribution in [1.29, 1.82) is 0 Å². The smallest absolute Gasteiger partial charge is 0.240 e. The van der Waals surface area contributed by atoms with Crippen molar-refractivity contribution in [2.75, 3.05) is 10.6 Å². The first kappa shape index (κ1) is 19.0. The molecule has 27 heavy (non-hydrogen) atoms. The van der Waals surface area contributed by atoms with Crippen molar-refractivity contribution in [3.05, 3.63) is 53.6 Å². The quantitative estimate of drug-likeness (QED) is 0.742. The number of rotatable bonds is 6. The molecule has 5 heteroatoms. The summed E-state index contributed by atoms with van der Waals surface area (Å²) >= 11 is 0. The number of aryl methyl sites for hydroxylation is 2. The van der Waals surface area contributed by atoms with Crippen LogP contribution in [-0.4, -0.2) is 17.9 Å². The molecule has 0 heterocycles. The van der Waals surface area contributed by atoms with Gasteiger partial charge in [-0.15, -0.1) is 0 Å². The van der Waals surface area contributed by atoms with Gasteiger partial charge in [0.25, 0.3) is 0 Å².